The van der Waals surface area contributed by atoms with Gasteiger partial charge in [0.15, 0.2) is 5.65 Å². The van der Waals surface area contributed by atoms with E-state index >= 15 is 0 Å². The summed E-state index contributed by atoms with van der Waals surface area (Å²) in [6, 6.07) is 18.5. The molecule has 2 aromatic heterocycles. The van der Waals surface area contributed by atoms with E-state index in [1.165, 1.54) is 0 Å². The van der Waals surface area contributed by atoms with Crippen LogP contribution in [0.5, 0.6) is 5.75 Å². The van der Waals surface area contributed by atoms with Gasteiger partial charge in [-0.15, -0.1) is 0 Å². The fourth-order valence-electron chi connectivity index (χ4n) is 3.16. The van der Waals surface area contributed by atoms with Gasteiger partial charge in [0.25, 0.3) is 5.91 Å². The van der Waals surface area contributed by atoms with Gasteiger partial charge in [0.2, 0.25) is 0 Å². The number of amides is 1. The molecule has 1 amide bonds. The standard InChI is InChI=1S/C23H21ClN4O3/c1-30-12-11-25-23(29)21-13-19(15-5-9-18(31-2)10-6-15)26-22-14-20(27-28(21)22)16-3-7-17(24)8-4-16/h3-10,13-14H,11-12H2,1-2H3,(H,25,29). The zero-order valence-corrected chi connectivity index (χ0v) is 17.9. The van der Waals surface area contributed by atoms with Crippen LogP contribution in [-0.4, -0.2) is 47.9 Å². The fourth-order valence-corrected chi connectivity index (χ4v) is 3.29. The Labute approximate surface area is 184 Å². The van der Waals surface area contributed by atoms with Crippen molar-refractivity contribution in [3.8, 4) is 28.3 Å². The number of nitrogens with one attached hydrogen (secondary N) is 1. The molecule has 4 rings (SSSR count). The van der Waals surface area contributed by atoms with E-state index in [1.807, 2.05) is 42.5 Å². The number of aromatic nitrogens is 3. The molecule has 2 aromatic carbocycles. The van der Waals surface area contributed by atoms with Crippen molar-refractivity contribution in [2.45, 2.75) is 0 Å². The normalized spacial score (nSPS) is 10.9. The summed E-state index contributed by atoms with van der Waals surface area (Å²) in [4.78, 5) is 17.6. The Kier molecular flexibility index (Phi) is 6.16. The molecule has 0 aliphatic rings. The minimum absolute atomic E-state index is 0.259. The largest absolute Gasteiger partial charge is 0.497 e. The summed E-state index contributed by atoms with van der Waals surface area (Å²) >= 11 is 6.01. The van der Waals surface area contributed by atoms with Gasteiger partial charge in [0.1, 0.15) is 11.4 Å². The number of hydrogen-bond acceptors (Lipinski definition) is 5. The highest BCUT2D eigenvalue weighted by Crippen LogP contribution is 2.26. The molecular weight excluding hydrogens is 416 g/mol. The molecule has 0 aliphatic heterocycles. The number of carbonyl (C=O) groups is 1. The van der Waals surface area contributed by atoms with E-state index in [4.69, 9.17) is 26.1 Å². The van der Waals surface area contributed by atoms with E-state index in [2.05, 4.69) is 10.4 Å². The number of benzene rings is 2. The summed E-state index contributed by atoms with van der Waals surface area (Å²) in [6.07, 6.45) is 0. The molecule has 0 saturated heterocycles. The molecule has 0 unspecified atom stereocenters. The van der Waals surface area contributed by atoms with Crippen molar-refractivity contribution >= 4 is 23.2 Å². The maximum atomic E-state index is 12.9. The van der Waals surface area contributed by atoms with E-state index in [9.17, 15) is 4.79 Å². The SMILES string of the molecule is COCCNC(=O)c1cc(-c2ccc(OC)cc2)nc2cc(-c3ccc(Cl)cc3)nn12. The van der Waals surface area contributed by atoms with E-state index in [0.29, 0.717) is 40.9 Å². The van der Waals surface area contributed by atoms with Gasteiger partial charge in [0.05, 0.1) is 25.1 Å². The Morgan fingerprint density at radius 1 is 1.00 bits per heavy atom. The van der Waals surface area contributed by atoms with E-state index in [1.54, 1.807) is 36.9 Å². The van der Waals surface area contributed by atoms with Crippen LogP contribution in [-0.2, 0) is 4.74 Å². The van der Waals surface area contributed by atoms with Gasteiger partial charge >= 0.3 is 0 Å². The summed E-state index contributed by atoms with van der Waals surface area (Å²) in [6.45, 7) is 0.808. The average molecular weight is 437 g/mol. The number of ether oxygens (including phenoxy) is 2. The van der Waals surface area contributed by atoms with Crippen LogP contribution in [0, 0.1) is 0 Å². The van der Waals surface area contributed by atoms with Gasteiger partial charge in [-0.3, -0.25) is 4.79 Å². The third-order valence-electron chi connectivity index (χ3n) is 4.78. The van der Waals surface area contributed by atoms with Gasteiger partial charge < -0.3 is 14.8 Å². The molecule has 0 fully saturated rings. The zero-order valence-electron chi connectivity index (χ0n) is 17.1. The second kappa shape index (κ2) is 9.16. The minimum Gasteiger partial charge on any atom is -0.497 e. The Bertz CT molecular complexity index is 1200. The van der Waals surface area contributed by atoms with Gasteiger partial charge in [-0.1, -0.05) is 23.7 Å². The second-order valence-electron chi connectivity index (χ2n) is 6.81. The van der Waals surface area contributed by atoms with Crippen molar-refractivity contribution in [1.82, 2.24) is 19.9 Å². The second-order valence-corrected chi connectivity index (χ2v) is 7.25. The van der Waals surface area contributed by atoms with Crippen molar-refractivity contribution in [1.29, 1.82) is 0 Å². The van der Waals surface area contributed by atoms with Crippen LogP contribution < -0.4 is 10.1 Å². The number of halogens is 1. The first-order valence-corrected chi connectivity index (χ1v) is 10.0. The van der Waals surface area contributed by atoms with Gasteiger partial charge in [-0.2, -0.15) is 5.10 Å². The third-order valence-corrected chi connectivity index (χ3v) is 5.03. The highest BCUT2D eigenvalue weighted by atomic mass is 35.5. The van der Waals surface area contributed by atoms with Crippen LogP contribution in [0.2, 0.25) is 5.02 Å². The summed E-state index contributed by atoms with van der Waals surface area (Å²) in [5.41, 5.74) is 4.05. The molecule has 31 heavy (non-hydrogen) atoms. The summed E-state index contributed by atoms with van der Waals surface area (Å²) in [7, 11) is 3.21. The van der Waals surface area contributed by atoms with Crippen LogP contribution in [0.25, 0.3) is 28.2 Å². The predicted octanol–water partition coefficient (Wildman–Crippen LogP) is 4.10. The van der Waals surface area contributed by atoms with E-state index in [-0.39, 0.29) is 5.91 Å². The Morgan fingerprint density at radius 3 is 2.35 bits per heavy atom. The number of carbonyl (C=O) groups excluding carboxylic acids is 1. The Hall–Kier alpha value is -3.42. The zero-order chi connectivity index (χ0) is 21.8. The number of rotatable bonds is 7. The number of fused-ring (bicyclic) bond motifs is 1. The lowest BCUT2D eigenvalue weighted by atomic mass is 10.1. The first-order valence-electron chi connectivity index (χ1n) is 9.67. The first kappa shape index (κ1) is 20.8. The minimum atomic E-state index is -0.259. The van der Waals surface area contributed by atoms with Crippen LogP contribution >= 0.6 is 11.6 Å². The lowest BCUT2D eigenvalue weighted by molar-refractivity contribution is 0.0929. The average Bonchev–Trinajstić information content (AvgIpc) is 3.23. The smallest absolute Gasteiger partial charge is 0.270 e. The molecule has 0 saturated carbocycles. The lowest BCUT2D eigenvalue weighted by Crippen LogP contribution is -2.29. The van der Waals surface area contributed by atoms with Crippen LogP contribution in [0.4, 0.5) is 0 Å². The molecule has 0 bridgehead atoms. The molecule has 0 aliphatic carbocycles. The molecular formula is C23H21ClN4O3. The summed E-state index contributed by atoms with van der Waals surface area (Å²) in [5, 5.41) is 8.12. The maximum Gasteiger partial charge on any atom is 0.270 e. The molecule has 4 aromatic rings. The van der Waals surface area contributed by atoms with Crippen molar-refractivity contribution in [3.63, 3.8) is 0 Å². The number of hydrogen-bond donors (Lipinski definition) is 1. The monoisotopic (exact) mass is 436 g/mol. The molecule has 2 heterocycles. The molecule has 7 nitrogen and oxygen atoms in total. The van der Waals surface area contributed by atoms with Crippen LogP contribution in [0.3, 0.4) is 0 Å². The van der Waals surface area contributed by atoms with Crippen molar-refractivity contribution in [3.05, 3.63) is 71.4 Å². The van der Waals surface area contributed by atoms with Gasteiger partial charge in [0, 0.05) is 35.9 Å². The molecule has 158 valence electrons. The van der Waals surface area contributed by atoms with E-state index in [0.717, 1.165) is 16.9 Å². The topological polar surface area (TPSA) is 77.8 Å². The summed E-state index contributed by atoms with van der Waals surface area (Å²) < 4.78 is 11.8. The molecule has 0 radical (unpaired) electrons. The van der Waals surface area contributed by atoms with Crippen LogP contribution in [0.1, 0.15) is 10.5 Å². The highest BCUT2D eigenvalue weighted by Gasteiger charge is 2.17. The number of methoxy groups -OCH3 is 2. The van der Waals surface area contributed by atoms with E-state index < -0.39 is 0 Å². The predicted molar refractivity (Wildman–Crippen MR) is 120 cm³/mol. The Morgan fingerprint density at radius 2 is 1.68 bits per heavy atom. The van der Waals surface area contributed by atoms with Gasteiger partial charge in [-0.25, -0.2) is 9.50 Å². The van der Waals surface area contributed by atoms with Crippen molar-refractivity contribution in [2.24, 2.45) is 0 Å². The third kappa shape index (κ3) is 4.52. The lowest BCUT2D eigenvalue weighted by Gasteiger charge is -2.09. The van der Waals surface area contributed by atoms with Crippen LogP contribution in [0.15, 0.2) is 60.7 Å². The fraction of sp³-hybridized carbons (Fsp3) is 0.174. The van der Waals surface area contributed by atoms with Gasteiger partial charge in [-0.05, 0) is 42.5 Å². The first-order chi connectivity index (χ1) is 15.1. The Balaban J connectivity index is 1.81. The van der Waals surface area contributed by atoms with Crippen molar-refractivity contribution in [2.75, 3.05) is 27.4 Å². The quantitative estimate of drug-likeness (QED) is 0.441. The molecule has 0 atom stereocenters. The molecule has 0 spiro atoms. The maximum absolute atomic E-state index is 12.9. The highest BCUT2D eigenvalue weighted by molar-refractivity contribution is 6.30. The van der Waals surface area contributed by atoms with Crippen molar-refractivity contribution < 1.29 is 14.3 Å². The summed E-state index contributed by atoms with van der Waals surface area (Å²) in [5.74, 6) is 0.488. The molecule has 8 heteroatoms. The number of nitrogens with zero attached hydrogens (tertiary/aromatic N) is 3. The molecule has 1 N–H and O–H groups in total.